The van der Waals surface area contributed by atoms with Crippen molar-refractivity contribution in [2.75, 3.05) is 5.32 Å². The molecule has 0 saturated heterocycles. The van der Waals surface area contributed by atoms with Crippen molar-refractivity contribution in [1.82, 2.24) is 4.98 Å². The predicted molar refractivity (Wildman–Crippen MR) is 49.2 cm³/mol. The van der Waals surface area contributed by atoms with Gasteiger partial charge in [-0.1, -0.05) is 0 Å². The first-order chi connectivity index (χ1) is 6.44. The van der Waals surface area contributed by atoms with Crippen molar-refractivity contribution in [1.29, 1.82) is 0 Å². The Morgan fingerprint density at radius 2 is 2.21 bits per heavy atom. The zero-order chi connectivity index (χ0) is 10.5. The molecule has 1 aromatic rings. The highest BCUT2D eigenvalue weighted by Crippen LogP contribution is 2.41. The van der Waals surface area contributed by atoms with Gasteiger partial charge in [0, 0.05) is 10.7 Å². The first-order valence-electron chi connectivity index (χ1n) is 3.79. The number of hydrogen-bond donors (Lipinski definition) is 1. The molecule has 1 amide bonds. The lowest BCUT2D eigenvalue weighted by atomic mass is 10.2. The van der Waals surface area contributed by atoms with E-state index in [9.17, 15) is 13.6 Å². The minimum Gasteiger partial charge on any atom is -0.318 e. The fourth-order valence-electron chi connectivity index (χ4n) is 1.27. The third-order valence-electron chi connectivity index (χ3n) is 2.10. The number of pyridine rings is 1. The zero-order valence-electron chi connectivity index (χ0n) is 7.07. The topological polar surface area (TPSA) is 42.0 Å². The Morgan fingerprint density at radius 1 is 1.57 bits per heavy atom. The molecule has 6 heteroatoms. The van der Waals surface area contributed by atoms with Crippen LogP contribution in [0.4, 0.5) is 14.5 Å². The van der Waals surface area contributed by atoms with E-state index in [1.807, 2.05) is 0 Å². The number of amides is 1. The predicted octanol–water partition coefficient (Wildman–Crippen LogP) is 2.20. The highest BCUT2D eigenvalue weighted by Gasteiger charge is 2.50. The number of anilines is 1. The Bertz CT molecular complexity index is 434. The summed E-state index contributed by atoms with van der Waals surface area (Å²) in [7, 11) is 0. The third kappa shape index (κ3) is 1.06. The van der Waals surface area contributed by atoms with Crippen LogP contribution in [0.2, 0.25) is 0 Å². The smallest absolute Gasteiger partial charge is 0.318 e. The lowest BCUT2D eigenvalue weighted by Gasteiger charge is -2.06. The van der Waals surface area contributed by atoms with E-state index >= 15 is 0 Å². The largest absolute Gasteiger partial charge is 0.368 e. The molecular formula is C8H5BrF2N2O. The Labute approximate surface area is 86.7 Å². The molecule has 74 valence electrons. The number of alkyl halides is 2. The summed E-state index contributed by atoms with van der Waals surface area (Å²) >= 11 is 3.15. The number of hydrogen-bond acceptors (Lipinski definition) is 2. The number of fused-ring (bicyclic) bond motifs is 1. The van der Waals surface area contributed by atoms with Gasteiger partial charge in [0.05, 0.1) is 5.69 Å². The van der Waals surface area contributed by atoms with Crippen LogP contribution in [0.3, 0.4) is 0 Å². The summed E-state index contributed by atoms with van der Waals surface area (Å²) < 4.78 is 26.9. The molecule has 1 aromatic heterocycles. The lowest BCUT2D eigenvalue weighted by molar-refractivity contribution is -0.139. The van der Waals surface area contributed by atoms with Crippen molar-refractivity contribution in [3.05, 3.63) is 21.9 Å². The van der Waals surface area contributed by atoms with E-state index in [1.54, 1.807) is 6.92 Å². The van der Waals surface area contributed by atoms with Crippen LogP contribution in [-0.2, 0) is 10.7 Å². The average Bonchev–Trinajstić information content (AvgIpc) is 2.33. The van der Waals surface area contributed by atoms with Crippen LogP contribution in [0.15, 0.2) is 10.7 Å². The second-order valence-electron chi connectivity index (χ2n) is 2.98. The van der Waals surface area contributed by atoms with Gasteiger partial charge in [-0.2, -0.15) is 8.78 Å². The number of nitrogens with zero attached hydrogens (tertiary/aromatic N) is 1. The molecule has 0 fully saturated rings. The summed E-state index contributed by atoms with van der Waals surface area (Å²) in [5, 5.41) is 2.12. The second kappa shape index (κ2) is 2.73. The molecule has 14 heavy (non-hydrogen) atoms. The minimum atomic E-state index is -3.51. The number of halogens is 3. The molecule has 1 aliphatic heterocycles. The normalized spacial score (nSPS) is 17.9. The molecule has 0 spiro atoms. The first kappa shape index (κ1) is 9.51. The maximum Gasteiger partial charge on any atom is 0.368 e. The Morgan fingerprint density at radius 3 is 2.86 bits per heavy atom. The molecule has 0 radical (unpaired) electrons. The minimum absolute atomic E-state index is 0.106. The standard InChI is InChI=1S/C8H5BrF2N2O/c1-3-4(9)2-12-6-5(3)13-7(14)8(6,10)11/h2H,1H3,(H,13,14). The number of rotatable bonds is 0. The van der Waals surface area contributed by atoms with Crippen LogP contribution >= 0.6 is 15.9 Å². The van der Waals surface area contributed by atoms with Crippen molar-refractivity contribution in [2.45, 2.75) is 12.8 Å². The Hall–Kier alpha value is -1.04. The summed E-state index contributed by atoms with van der Waals surface area (Å²) in [5.41, 5.74) is 0.165. The molecule has 1 aliphatic rings. The third-order valence-corrected chi connectivity index (χ3v) is 2.90. The fourth-order valence-corrected chi connectivity index (χ4v) is 1.57. The van der Waals surface area contributed by atoms with E-state index in [2.05, 4.69) is 26.2 Å². The monoisotopic (exact) mass is 262 g/mol. The first-order valence-corrected chi connectivity index (χ1v) is 4.58. The fraction of sp³-hybridized carbons (Fsp3) is 0.250. The van der Waals surface area contributed by atoms with Crippen LogP contribution in [0.5, 0.6) is 0 Å². The van der Waals surface area contributed by atoms with Gasteiger partial charge in [-0.25, -0.2) is 0 Å². The van der Waals surface area contributed by atoms with E-state index in [0.29, 0.717) is 10.0 Å². The van der Waals surface area contributed by atoms with Gasteiger partial charge in [-0.05, 0) is 28.4 Å². The van der Waals surface area contributed by atoms with Crippen molar-refractivity contribution in [3.63, 3.8) is 0 Å². The molecule has 0 atom stereocenters. The van der Waals surface area contributed by atoms with E-state index in [-0.39, 0.29) is 5.69 Å². The summed E-state index contributed by atoms with van der Waals surface area (Å²) in [4.78, 5) is 14.4. The highest BCUT2D eigenvalue weighted by molar-refractivity contribution is 9.10. The molecule has 2 heterocycles. The van der Waals surface area contributed by atoms with Gasteiger partial charge in [0.2, 0.25) is 0 Å². The molecular weight excluding hydrogens is 258 g/mol. The number of nitrogens with one attached hydrogen (secondary N) is 1. The molecule has 0 aliphatic carbocycles. The maximum atomic E-state index is 13.2. The van der Waals surface area contributed by atoms with Crippen LogP contribution in [0.1, 0.15) is 11.3 Å². The zero-order valence-corrected chi connectivity index (χ0v) is 8.65. The van der Waals surface area contributed by atoms with Gasteiger partial charge in [-0.3, -0.25) is 9.78 Å². The summed E-state index contributed by atoms with van der Waals surface area (Å²) in [6, 6.07) is 0. The molecule has 0 bridgehead atoms. The van der Waals surface area contributed by atoms with Gasteiger partial charge in [0.1, 0.15) is 5.69 Å². The van der Waals surface area contributed by atoms with Gasteiger partial charge < -0.3 is 5.32 Å². The molecule has 0 saturated carbocycles. The van der Waals surface area contributed by atoms with Crippen molar-refractivity contribution in [3.8, 4) is 0 Å². The van der Waals surface area contributed by atoms with Gasteiger partial charge in [0.15, 0.2) is 0 Å². The number of carbonyl (C=O) groups is 1. The van der Waals surface area contributed by atoms with E-state index in [0.717, 1.165) is 0 Å². The van der Waals surface area contributed by atoms with Crippen LogP contribution in [0, 0.1) is 6.92 Å². The van der Waals surface area contributed by atoms with Crippen LogP contribution < -0.4 is 5.32 Å². The Kier molecular flexibility index (Phi) is 1.85. The quantitative estimate of drug-likeness (QED) is 0.779. The summed E-state index contributed by atoms with van der Waals surface area (Å²) in [6.45, 7) is 1.63. The Balaban J connectivity index is 2.70. The summed E-state index contributed by atoms with van der Waals surface area (Å²) in [6.07, 6.45) is 1.27. The second-order valence-corrected chi connectivity index (χ2v) is 3.84. The van der Waals surface area contributed by atoms with Crippen molar-refractivity contribution in [2.24, 2.45) is 0 Å². The van der Waals surface area contributed by atoms with Crippen molar-refractivity contribution < 1.29 is 13.6 Å². The molecule has 2 rings (SSSR count). The molecule has 3 nitrogen and oxygen atoms in total. The summed E-state index contributed by atoms with van der Waals surface area (Å²) in [5.74, 6) is -4.83. The van der Waals surface area contributed by atoms with Crippen LogP contribution in [0.25, 0.3) is 0 Å². The molecule has 1 N–H and O–H groups in total. The molecule has 0 unspecified atom stereocenters. The van der Waals surface area contributed by atoms with Gasteiger partial charge in [-0.15, -0.1) is 0 Å². The van der Waals surface area contributed by atoms with E-state index < -0.39 is 17.5 Å². The molecule has 0 aromatic carbocycles. The van der Waals surface area contributed by atoms with Crippen LogP contribution in [-0.4, -0.2) is 10.9 Å². The van der Waals surface area contributed by atoms with Gasteiger partial charge in [0.25, 0.3) is 0 Å². The average molecular weight is 263 g/mol. The van der Waals surface area contributed by atoms with Gasteiger partial charge >= 0.3 is 11.8 Å². The lowest BCUT2D eigenvalue weighted by Crippen LogP contribution is -2.24. The number of aromatic nitrogens is 1. The maximum absolute atomic E-state index is 13.2. The van der Waals surface area contributed by atoms with E-state index in [1.165, 1.54) is 6.20 Å². The highest BCUT2D eigenvalue weighted by atomic mass is 79.9. The number of carbonyl (C=O) groups excluding carboxylic acids is 1. The SMILES string of the molecule is Cc1c(Br)cnc2c1NC(=O)C2(F)F. The van der Waals surface area contributed by atoms with E-state index in [4.69, 9.17) is 0 Å². The van der Waals surface area contributed by atoms with Crippen molar-refractivity contribution >= 4 is 27.5 Å².